The number of piperidine rings is 1. The van der Waals surface area contributed by atoms with E-state index in [1.165, 1.54) is 6.34 Å². The quantitative estimate of drug-likeness (QED) is 0.492. The number of anilines is 1. The SMILES string of the molecule is Nc1cc(C2C[C@H]3CC[C@@H](C2)N3C(=O)C2=NC=NC2)nc2c(-c3ccc4cn[nH]c4c3)cnn12. The third-order valence-electron chi connectivity index (χ3n) is 7.44. The number of aromatic amines is 1. The van der Waals surface area contributed by atoms with E-state index in [4.69, 9.17) is 10.7 Å². The van der Waals surface area contributed by atoms with Crippen molar-refractivity contribution in [1.29, 1.82) is 0 Å². The lowest BCUT2D eigenvalue weighted by atomic mass is 9.87. The van der Waals surface area contributed by atoms with Gasteiger partial charge in [0.25, 0.3) is 5.91 Å². The second-order valence-corrected chi connectivity index (χ2v) is 9.37. The van der Waals surface area contributed by atoms with Crippen molar-refractivity contribution in [1.82, 2.24) is 29.7 Å². The van der Waals surface area contributed by atoms with Crippen molar-refractivity contribution in [3.63, 3.8) is 0 Å². The minimum atomic E-state index is 0.0404. The molecular weight excluding hydrogens is 430 g/mol. The summed E-state index contributed by atoms with van der Waals surface area (Å²) in [6, 6.07) is 8.49. The number of hydrogen-bond acceptors (Lipinski definition) is 7. The molecule has 2 fully saturated rings. The summed E-state index contributed by atoms with van der Waals surface area (Å²) in [6.45, 7) is 0.390. The molecule has 3 aromatic heterocycles. The fraction of sp³-hybridized carbons (Fsp3) is 0.333. The van der Waals surface area contributed by atoms with Gasteiger partial charge in [0.05, 0.1) is 24.5 Å². The van der Waals surface area contributed by atoms with Crippen molar-refractivity contribution in [3.8, 4) is 11.1 Å². The van der Waals surface area contributed by atoms with E-state index in [1.807, 2.05) is 18.3 Å². The maximum absolute atomic E-state index is 13.0. The highest BCUT2D eigenvalue weighted by Gasteiger charge is 2.45. The molecule has 1 amide bonds. The van der Waals surface area contributed by atoms with Crippen LogP contribution in [-0.2, 0) is 4.79 Å². The van der Waals surface area contributed by atoms with Crippen molar-refractivity contribution < 1.29 is 4.79 Å². The summed E-state index contributed by atoms with van der Waals surface area (Å²) >= 11 is 0. The third kappa shape index (κ3) is 2.87. The number of H-pyrrole nitrogens is 1. The molecule has 0 aliphatic carbocycles. The van der Waals surface area contributed by atoms with Gasteiger partial charge in [0, 0.05) is 40.7 Å². The summed E-state index contributed by atoms with van der Waals surface area (Å²) in [5.74, 6) is 0.851. The van der Waals surface area contributed by atoms with Crippen molar-refractivity contribution >= 4 is 40.3 Å². The minimum absolute atomic E-state index is 0.0404. The van der Waals surface area contributed by atoms with Crippen LogP contribution in [-0.4, -0.2) is 66.3 Å². The number of nitrogen functional groups attached to an aromatic ring is 1. The van der Waals surface area contributed by atoms with Crippen molar-refractivity contribution in [2.45, 2.75) is 43.7 Å². The lowest BCUT2D eigenvalue weighted by Crippen LogP contribution is -2.49. The highest BCUT2D eigenvalue weighted by atomic mass is 16.2. The number of hydrogen-bond donors (Lipinski definition) is 2. The van der Waals surface area contributed by atoms with Gasteiger partial charge in [-0.05, 0) is 37.3 Å². The number of aliphatic imine (C=N–C) groups is 2. The van der Waals surface area contributed by atoms with Gasteiger partial charge in [-0.1, -0.05) is 12.1 Å². The van der Waals surface area contributed by atoms with E-state index < -0.39 is 0 Å². The van der Waals surface area contributed by atoms with Crippen LogP contribution in [0.3, 0.4) is 0 Å². The number of carbonyl (C=O) groups excluding carboxylic acids is 1. The first kappa shape index (κ1) is 19.4. The van der Waals surface area contributed by atoms with Gasteiger partial charge in [-0.2, -0.15) is 14.7 Å². The molecule has 10 heteroatoms. The van der Waals surface area contributed by atoms with Crippen LogP contribution in [0, 0.1) is 0 Å². The van der Waals surface area contributed by atoms with Crippen molar-refractivity contribution in [3.05, 3.63) is 42.4 Å². The fourth-order valence-corrected chi connectivity index (χ4v) is 5.82. The molecule has 3 N–H and O–H groups in total. The zero-order valence-electron chi connectivity index (χ0n) is 18.4. The Kier molecular flexibility index (Phi) is 4.11. The molecule has 2 bridgehead atoms. The maximum atomic E-state index is 13.0. The molecule has 4 aromatic rings. The van der Waals surface area contributed by atoms with Gasteiger partial charge >= 0.3 is 0 Å². The molecular formula is C24H23N9O. The number of rotatable bonds is 3. The van der Waals surface area contributed by atoms with Gasteiger partial charge in [-0.25, -0.2) is 9.98 Å². The Morgan fingerprint density at radius 1 is 1.12 bits per heavy atom. The smallest absolute Gasteiger partial charge is 0.270 e. The maximum Gasteiger partial charge on any atom is 0.270 e. The van der Waals surface area contributed by atoms with Crippen LogP contribution >= 0.6 is 0 Å². The monoisotopic (exact) mass is 453 g/mol. The topological polar surface area (TPSA) is 130 Å². The summed E-state index contributed by atoms with van der Waals surface area (Å²) in [4.78, 5) is 28.4. The zero-order valence-corrected chi connectivity index (χ0v) is 18.4. The first-order valence-electron chi connectivity index (χ1n) is 11.6. The average molecular weight is 454 g/mol. The van der Waals surface area contributed by atoms with Gasteiger partial charge in [0.1, 0.15) is 17.9 Å². The summed E-state index contributed by atoms with van der Waals surface area (Å²) < 4.78 is 1.70. The molecule has 10 nitrogen and oxygen atoms in total. The van der Waals surface area contributed by atoms with Crippen LogP contribution in [0.1, 0.15) is 37.3 Å². The van der Waals surface area contributed by atoms with E-state index in [0.717, 1.165) is 59.1 Å². The van der Waals surface area contributed by atoms with E-state index in [2.05, 4.69) is 42.3 Å². The van der Waals surface area contributed by atoms with Gasteiger partial charge < -0.3 is 10.6 Å². The second-order valence-electron chi connectivity index (χ2n) is 9.37. The Bertz CT molecular complexity index is 1500. The number of fused-ring (bicyclic) bond motifs is 4. The molecule has 0 spiro atoms. The van der Waals surface area contributed by atoms with Gasteiger partial charge in [-0.15, -0.1) is 0 Å². The number of nitrogens with two attached hydrogens (primary N) is 1. The predicted octanol–water partition coefficient (Wildman–Crippen LogP) is 2.57. The normalized spacial score (nSPS) is 23.8. The Balaban J connectivity index is 1.22. The fourth-order valence-electron chi connectivity index (χ4n) is 5.82. The second kappa shape index (κ2) is 7.21. The molecule has 3 aliphatic rings. The molecule has 1 aromatic carbocycles. The van der Waals surface area contributed by atoms with E-state index in [1.54, 1.807) is 10.7 Å². The summed E-state index contributed by atoms with van der Waals surface area (Å²) in [7, 11) is 0. The van der Waals surface area contributed by atoms with Crippen LogP contribution in [0.5, 0.6) is 0 Å². The molecule has 6 heterocycles. The zero-order chi connectivity index (χ0) is 22.8. The molecule has 170 valence electrons. The summed E-state index contributed by atoms with van der Waals surface area (Å²) in [6.07, 6.45) is 8.89. The molecule has 3 aliphatic heterocycles. The number of aromatic nitrogens is 5. The van der Waals surface area contributed by atoms with Crippen molar-refractivity contribution in [2.24, 2.45) is 9.98 Å². The standard InChI is InChI=1S/C24H23N9O/c25-22-8-19(15-5-16-3-4-17(6-15)32(16)24(34)21-11-26-12-27-21)30-23-18(10-29-33(22)23)13-1-2-14-9-28-31-20(14)7-13/h1-2,7-10,12,15-17H,3-6,11,25H2,(H,28,31)/t15?,16-,17+. The molecule has 34 heavy (non-hydrogen) atoms. The Morgan fingerprint density at radius 2 is 1.97 bits per heavy atom. The minimum Gasteiger partial charge on any atom is -0.384 e. The molecule has 1 unspecified atom stereocenters. The average Bonchev–Trinajstić information content (AvgIpc) is 3.64. The molecule has 7 rings (SSSR count). The lowest BCUT2D eigenvalue weighted by molar-refractivity contribution is -0.128. The van der Waals surface area contributed by atoms with Crippen LogP contribution in [0.4, 0.5) is 5.82 Å². The summed E-state index contributed by atoms with van der Waals surface area (Å²) in [5.41, 5.74) is 11.6. The first-order chi connectivity index (χ1) is 16.7. The van der Waals surface area contributed by atoms with Crippen LogP contribution in [0.15, 0.2) is 46.6 Å². The van der Waals surface area contributed by atoms with E-state index >= 15 is 0 Å². The Hall–Kier alpha value is -4.08. The molecule has 0 saturated carbocycles. The predicted molar refractivity (Wildman–Crippen MR) is 129 cm³/mol. The lowest BCUT2D eigenvalue weighted by Gasteiger charge is -2.38. The van der Waals surface area contributed by atoms with Crippen molar-refractivity contribution in [2.75, 3.05) is 12.3 Å². The van der Waals surface area contributed by atoms with Crippen LogP contribution in [0.25, 0.3) is 27.7 Å². The van der Waals surface area contributed by atoms with Gasteiger partial charge in [-0.3, -0.25) is 14.9 Å². The number of amides is 1. The van der Waals surface area contributed by atoms with E-state index in [0.29, 0.717) is 18.1 Å². The first-order valence-corrected chi connectivity index (χ1v) is 11.6. The van der Waals surface area contributed by atoms with Gasteiger partial charge in [0.15, 0.2) is 5.65 Å². The number of nitrogens with zero attached hydrogens (tertiary/aromatic N) is 7. The van der Waals surface area contributed by atoms with Crippen LogP contribution in [0.2, 0.25) is 0 Å². The number of benzene rings is 1. The third-order valence-corrected chi connectivity index (χ3v) is 7.44. The highest BCUT2D eigenvalue weighted by molar-refractivity contribution is 6.41. The number of carbonyl (C=O) groups is 1. The molecule has 0 radical (unpaired) electrons. The molecule has 2 saturated heterocycles. The van der Waals surface area contributed by atoms with Crippen LogP contribution < -0.4 is 5.73 Å². The number of nitrogens with one attached hydrogen (secondary N) is 1. The largest absolute Gasteiger partial charge is 0.384 e. The Labute approximate surface area is 194 Å². The van der Waals surface area contributed by atoms with E-state index in [9.17, 15) is 4.79 Å². The molecule has 3 atom stereocenters. The highest BCUT2D eigenvalue weighted by Crippen LogP contribution is 2.43. The van der Waals surface area contributed by atoms with Gasteiger partial charge in [0.2, 0.25) is 0 Å². The van der Waals surface area contributed by atoms with E-state index in [-0.39, 0.29) is 23.9 Å². The summed E-state index contributed by atoms with van der Waals surface area (Å²) in [5, 5.41) is 12.7. The Morgan fingerprint density at radius 3 is 2.76 bits per heavy atom.